The maximum atomic E-state index is 10.9. The lowest BCUT2D eigenvalue weighted by molar-refractivity contribution is -0.134. The van der Waals surface area contributed by atoms with Crippen LogP contribution in [0.1, 0.15) is 19.4 Å². The lowest BCUT2D eigenvalue weighted by atomic mass is 10.2. The van der Waals surface area contributed by atoms with E-state index in [-0.39, 0.29) is 11.5 Å². The smallest absolute Gasteiger partial charge is 0.308 e. The minimum Gasteiger partial charge on any atom is -0.423 e. The number of hydrogen-bond acceptors (Lipinski definition) is 4. The van der Waals surface area contributed by atoms with Gasteiger partial charge in [0.25, 0.3) is 0 Å². The van der Waals surface area contributed by atoms with Gasteiger partial charge in [-0.05, 0) is 24.6 Å². The molecule has 0 aliphatic heterocycles. The second-order valence-corrected chi connectivity index (χ2v) is 3.30. The van der Waals surface area contributed by atoms with Crippen LogP contribution in [-0.2, 0) is 9.59 Å². The third kappa shape index (κ3) is 4.10. The number of rotatable bonds is 3. The summed E-state index contributed by atoms with van der Waals surface area (Å²) in [6.07, 6.45) is 3.35. The molecule has 1 rings (SSSR count). The molecule has 0 aromatic heterocycles. The Kier molecular flexibility index (Phi) is 4.46. The number of ether oxygens (including phenoxy) is 2. The molecule has 4 heteroatoms. The molecule has 1 radical (unpaired) electrons. The van der Waals surface area contributed by atoms with Crippen molar-refractivity contribution in [2.45, 2.75) is 13.8 Å². The van der Waals surface area contributed by atoms with E-state index in [1.165, 1.54) is 13.8 Å². The zero-order valence-electron chi connectivity index (χ0n) is 9.73. The third-order valence-corrected chi connectivity index (χ3v) is 1.79. The molecule has 0 amide bonds. The van der Waals surface area contributed by atoms with Gasteiger partial charge in [-0.1, -0.05) is 18.2 Å². The van der Waals surface area contributed by atoms with E-state index in [9.17, 15) is 9.59 Å². The van der Waals surface area contributed by atoms with Gasteiger partial charge < -0.3 is 9.47 Å². The summed E-state index contributed by atoms with van der Waals surface area (Å²) in [7, 11) is 0. The third-order valence-electron chi connectivity index (χ3n) is 1.79. The standard InChI is InChI=1S/C13H13O4/c1-4-5-11-6-7-12(16-9(2)14)13(8-11)17-10(3)15/h4-8H,1H2,2-3H3/b5-4+. The molecule has 0 aliphatic rings. The van der Waals surface area contributed by atoms with E-state index in [4.69, 9.17) is 9.47 Å². The molecule has 0 saturated carbocycles. The Bertz CT molecular complexity index is 460. The van der Waals surface area contributed by atoms with Crippen LogP contribution < -0.4 is 9.47 Å². The minimum atomic E-state index is -0.478. The summed E-state index contributed by atoms with van der Waals surface area (Å²) < 4.78 is 9.89. The molecule has 1 aromatic rings. The molecule has 0 unspecified atom stereocenters. The van der Waals surface area contributed by atoms with Crippen molar-refractivity contribution in [1.29, 1.82) is 0 Å². The van der Waals surface area contributed by atoms with Crippen molar-refractivity contribution in [1.82, 2.24) is 0 Å². The van der Waals surface area contributed by atoms with Crippen LogP contribution in [0.15, 0.2) is 24.3 Å². The maximum Gasteiger partial charge on any atom is 0.308 e. The quantitative estimate of drug-likeness (QED) is 0.594. The highest BCUT2D eigenvalue weighted by atomic mass is 16.6. The number of carbonyl (C=O) groups is 2. The summed E-state index contributed by atoms with van der Waals surface area (Å²) in [5, 5.41) is 0. The minimum absolute atomic E-state index is 0.211. The Morgan fingerprint density at radius 1 is 1.12 bits per heavy atom. The largest absolute Gasteiger partial charge is 0.423 e. The lowest BCUT2D eigenvalue weighted by Gasteiger charge is -2.09. The lowest BCUT2D eigenvalue weighted by Crippen LogP contribution is -2.07. The van der Waals surface area contributed by atoms with Crippen LogP contribution in [0.4, 0.5) is 0 Å². The average Bonchev–Trinajstić information content (AvgIpc) is 2.21. The van der Waals surface area contributed by atoms with Crippen molar-refractivity contribution < 1.29 is 19.1 Å². The van der Waals surface area contributed by atoms with E-state index < -0.39 is 11.9 Å². The highest BCUT2D eigenvalue weighted by molar-refractivity contribution is 5.74. The Morgan fingerprint density at radius 2 is 1.71 bits per heavy atom. The van der Waals surface area contributed by atoms with Crippen LogP contribution in [0.2, 0.25) is 0 Å². The van der Waals surface area contributed by atoms with Crippen molar-refractivity contribution in [2.75, 3.05) is 0 Å². The summed E-state index contributed by atoms with van der Waals surface area (Å²) in [6.45, 7) is 6.13. The summed E-state index contributed by atoms with van der Waals surface area (Å²) >= 11 is 0. The molecular weight excluding hydrogens is 220 g/mol. The van der Waals surface area contributed by atoms with Crippen LogP contribution in [0.5, 0.6) is 11.5 Å². The first-order valence-electron chi connectivity index (χ1n) is 4.99. The first kappa shape index (κ1) is 13.0. The highest BCUT2D eigenvalue weighted by Gasteiger charge is 2.10. The predicted octanol–water partition coefficient (Wildman–Crippen LogP) is 2.38. The van der Waals surface area contributed by atoms with Crippen molar-refractivity contribution in [2.24, 2.45) is 0 Å². The van der Waals surface area contributed by atoms with Crippen LogP contribution >= 0.6 is 0 Å². The molecule has 0 atom stereocenters. The summed E-state index contributed by atoms with van der Waals surface area (Å²) in [5.41, 5.74) is 0.798. The average molecular weight is 233 g/mol. The van der Waals surface area contributed by atoms with Gasteiger partial charge in [0.15, 0.2) is 11.5 Å². The first-order chi connectivity index (χ1) is 8.02. The fraction of sp³-hybridized carbons (Fsp3) is 0.154. The van der Waals surface area contributed by atoms with Crippen molar-refractivity contribution in [3.63, 3.8) is 0 Å². The Morgan fingerprint density at radius 3 is 2.24 bits per heavy atom. The molecule has 89 valence electrons. The number of allylic oxidation sites excluding steroid dienone is 1. The zero-order chi connectivity index (χ0) is 12.8. The van der Waals surface area contributed by atoms with Gasteiger partial charge in [-0.2, -0.15) is 0 Å². The van der Waals surface area contributed by atoms with Gasteiger partial charge in [-0.25, -0.2) is 0 Å². The Balaban J connectivity index is 3.10. The van der Waals surface area contributed by atoms with Crippen LogP contribution in [0, 0.1) is 6.92 Å². The number of esters is 2. The van der Waals surface area contributed by atoms with Gasteiger partial charge in [-0.15, -0.1) is 0 Å². The second kappa shape index (κ2) is 5.84. The van der Waals surface area contributed by atoms with Crippen LogP contribution in [-0.4, -0.2) is 11.9 Å². The molecule has 17 heavy (non-hydrogen) atoms. The molecule has 0 saturated heterocycles. The number of hydrogen-bond donors (Lipinski definition) is 0. The highest BCUT2D eigenvalue weighted by Crippen LogP contribution is 2.29. The van der Waals surface area contributed by atoms with Crippen LogP contribution in [0.25, 0.3) is 6.08 Å². The van der Waals surface area contributed by atoms with Crippen molar-refractivity contribution >= 4 is 18.0 Å². The Hall–Kier alpha value is -2.10. The zero-order valence-corrected chi connectivity index (χ0v) is 9.73. The maximum absolute atomic E-state index is 10.9. The van der Waals surface area contributed by atoms with E-state index in [1.54, 1.807) is 30.4 Å². The topological polar surface area (TPSA) is 52.6 Å². The molecule has 0 bridgehead atoms. The number of carbonyl (C=O) groups excluding carboxylic acids is 2. The van der Waals surface area contributed by atoms with E-state index in [2.05, 4.69) is 6.92 Å². The van der Waals surface area contributed by atoms with Gasteiger partial charge in [0, 0.05) is 13.8 Å². The van der Waals surface area contributed by atoms with Gasteiger partial charge in [0.2, 0.25) is 0 Å². The van der Waals surface area contributed by atoms with E-state index in [0.717, 1.165) is 5.56 Å². The number of benzene rings is 1. The van der Waals surface area contributed by atoms with Gasteiger partial charge in [0.05, 0.1) is 0 Å². The fourth-order valence-electron chi connectivity index (χ4n) is 1.24. The van der Waals surface area contributed by atoms with Crippen molar-refractivity contribution in [3.8, 4) is 11.5 Å². The molecule has 0 aliphatic carbocycles. The monoisotopic (exact) mass is 233 g/mol. The second-order valence-electron chi connectivity index (χ2n) is 3.30. The van der Waals surface area contributed by atoms with Crippen molar-refractivity contribution in [3.05, 3.63) is 36.8 Å². The van der Waals surface area contributed by atoms with E-state index in [1.807, 2.05) is 0 Å². The summed E-state index contributed by atoms with van der Waals surface area (Å²) in [5.74, 6) is -0.523. The molecular formula is C13H13O4. The van der Waals surface area contributed by atoms with Crippen LogP contribution in [0.3, 0.4) is 0 Å². The molecule has 4 nitrogen and oxygen atoms in total. The van der Waals surface area contributed by atoms with Gasteiger partial charge >= 0.3 is 11.9 Å². The molecule has 0 heterocycles. The first-order valence-corrected chi connectivity index (χ1v) is 4.99. The SMILES string of the molecule is [CH2]/C=C/c1ccc(OC(C)=O)c(OC(C)=O)c1. The molecule has 1 aromatic carbocycles. The molecule has 0 N–H and O–H groups in total. The fourth-order valence-corrected chi connectivity index (χ4v) is 1.24. The van der Waals surface area contributed by atoms with E-state index >= 15 is 0 Å². The van der Waals surface area contributed by atoms with E-state index in [0.29, 0.717) is 0 Å². The normalized spacial score (nSPS) is 10.3. The van der Waals surface area contributed by atoms with Gasteiger partial charge in [-0.3, -0.25) is 9.59 Å². The summed E-state index contributed by atoms with van der Waals surface area (Å²) in [4.78, 5) is 21.8. The Labute approximate surface area is 99.8 Å². The van der Waals surface area contributed by atoms with Gasteiger partial charge in [0.1, 0.15) is 0 Å². The predicted molar refractivity (Wildman–Crippen MR) is 63.5 cm³/mol. The molecule has 0 fully saturated rings. The summed E-state index contributed by atoms with van der Waals surface area (Å²) in [6, 6.07) is 4.89. The molecule has 0 spiro atoms.